The Hall–Kier alpha value is -1.02. The summed E-state index contributed by atoms with van der Waals surface area (Å²) in [6, 6.07) is 6.82. The van der Waals surface area contributed by atoms with Crippen molar-refractivity contribution in [3.63, 3.8) is 0 Å². The number of hydrogen-bond acceptors (Lipinski definition) is 2. The lowest BCUT2D eigenvalue weighted by Gasteiger charge is -2.35. The molecule has 2 heteroatoms. The maximum Gasteiger partial charge on any atom is 0.0431 e. The Morgan fingerprint density at radius 1 is 1.41 bits per heavy atom. The van der Waals surface area contributed by atoms with Gasteiger partial charge in [0, 0.05) is 19.3 Å². The van der Waals surface area contributed by atoms with Gasteiger partial charge in [-0.1, -0.05) is 25.1 Å². The number of fused-ring (bicyclic) bond motifs is 1. The van der Waals surface area contributed by atoms with E-state index < -0.39 is 0 Å². The highest BCUT2D eigenvalue weighted by Crippen LogP contribution is 2.38. The van der Waals surface area contributed by atoms with Gasteiger partial charge in [0.05, 0.1) is 0 Å². The minimum Gasteiger partial charge on any atom is -0.374 e. The number of aryl methyl sites for hydroxylation is 1. The number of hydrogen-bond donors (Lipinski definition) is 1. The number of para-hydroxylation sites is 1. The van der Waals surface area contributed by atoms with E-state index in [1.807, 2.05) is 7.05 Å². The van der Waals surface area contributed by atoms with Gasteiger partial charge in [0.25, 0.3) is 0 Å². The standard InChI is InChI=1S/C15H24N2/c1-4-12-6-5-7-14-13(8-10-16-2)9-11-17(3)15(12)14/h5-7,13,16H,4,8-11H2,1-3H3. The Kier molecular flexibility index (Phi) is 4.06. The van der Waals surface area contributed by atoms with Crippen LogP contribution in [-0.4, -0.2) is 27.2 Å². The molecule has 1 atom stereocenters. The molecule has 1 N–H and O–H groups in total. The van der Waals surface area contributed by atoms with E-state index in [1.165, 1.54) is 30.6 Å². The van der Waals surface area contributed by atoms with Crippen molar-refractivity contribution in [2.75, 3.05) is 32.1 Å². The monoisotopic (exact) mass is 232 g/mol. The third-order valence-electron chi connectivity index (χ3n) is 3.91. The van der Waals surface area contributed by atoms with Crippen LogP contribution < -0.4 is 10.2 Å². The van der Waals surface area contributed by atoms with Crippen LogP contribution in [0.4, 0.5) is 5.69 Å². The highest BCUT2D eigenvalue weighted by Gasteiger charge is 2.24. The molecule has 0 saturated heterocycles. The third-order valence-corrected chi connectivity index (χ3v) is 3.91. The quantitative estimate of drug-likeness (QED) is 0.858. The van der Waals surface area contributed by atoms with Crippen LogP contribution in [0.5, 0.6) is 0 Å². The molecular weight excluding hydrogens is 208 g/mol. The zero-order valence-electron chi connectivity index (χ0n) is 11.3. The molecule has 2 nitrogen and oxygen atoms in total. The van der Waals surface area contributed by atoms with Crippen LogP contribution in [0.1, 0.15) is 36.8 Å². The average Bonchev–Trinajstić information content (AvgIpc) is 2.37. The first-order chi connectivity index (χ1) is 8.27. The summed E-state index contributed by atoms with van der Waals surface area (Å²) in [5.41, 5.74) is 4.56. The van der Waals surface area contributed by atoms with Gasteiger partial charge in [0.1, 0.15) is 0 Å². The first-order valence-corrected chi connectivity index (χ1v) is 6.75. The van der Waals surface area contributed by atoms with E-state index in [9.17, 15) is 0 Å². The first kappa shape index (κ1) is 12.4. The SMILES string of the molecule is CCc1cccc2c1N(C)CCC2CCNC. The number of nitrogens with one attached hydrogen (secondary N) is 1. The largest absolute Gasteiger partial charge is 0.374 e. The Balaban J connectivity index is 2.32. The average molecular weight is 232 g/mol. The van der Waals surface area contributed by atoms with Crippen molar-refractivity contribution in [1.82, 2.24) is 5.32 Å². The highest BCUT2D eigenvalue weighted by molar-refractivity contribution is 5.62. The van der Waals surface area contributed by atoms with Crippen molar-refractivity contribution in [1.29, 1.82) is 0 Å². The van der Waals surface area contributed by atoms with E-state index >= 15 is 0 Å². The van der Waals surface area contributed by atoms with E-state index in [4.69, 9.17) is 0 Å². The molecular formula is C15H24N2. The predicted molar refractivity (Wildman–Crippen MR) is 75.0 cm³/mol. The Labute approximate surface area is 105 Å². The first-order valence-electron chi connectivity index (χ1n) is 6.75. The van der Waals surface area contributed by atoms with Gasteiger partial charge in [-0.2, -0.15) is 0 Å². The van der Waals surface area contributed by atoms with Crippen molar-refractivity contribution in [3.8, 4) is 0 Å². The molecule has 0 aliphatic carbocycles. The highest BCUT2D eigenvalue weighted by atomic mass is 15.1. The predicted octanol–water partition coefficient (Wildman–Crippen LogP) is 2.78. The van der Waals surface area contributed by atoms with Gasteiger partial charge in [-0.25, -0.2) is 0 Å². The topological polar surface area (TPSA) is 15.3 Å². The fraction of sp³-hybridized carbons (Fsp3) is 0.600. The number of benzene rings is 1. The number of anilines is 1. The maximum absolute atomic E-state index is 3.27. The Morgan fingerprint density at radius 3 is 2.94 bits per heavy atom. The molecule has 0 saturated carbocycles. The Morgan fingerprint density at radius 2 is 2.24 bits per heavy atom. The van der Waals surface area contributed by atoms with Crippen LogP contribution >= 0.6 is 0 Å². The van der Waals surface area contributed by atoms with Gasteiger partial charge < -0.3 is 10.2 Å². The molecule has 0 spiro atoms. The summed E-state index contributed by atoms with van der Waals surface area (Å²) in [5, 5.41) is 3.27. The van der Waals surface area contributed by atoms with Crippen molar-refractivity contribution < 1.29 is 0 Å². The summed E-state index contributed by atoms with van der Waals surface area (Å²) in [6.45, 7) is 4.56. The van der Waals surface area contributed by atoms with E-state index in [2.05, 4.69) is 42.4 Å². The van der Waals surface area contributed by atoms with Gasteiger partial charge in [-0.15, -0.1) is 0 Å². The van der Waals surface area contributed by atoms with Crippen LogP contribution in [0, 0.1) is 0 Å². The van der Waals surface area contributed by atoms with E-state index in [1.54, 1.807) is 5.56 Å². The zero-order chi connectivity index (χ0) is 12.3. The van der Waals surface area contributed by atoms with E-state index in [-0.39, 0.29) is 0 Å². The van der Waals surface area contributed by atoms with Gasteiger partial charge >= 0.3 is 0 Å². The lowest BCUT2D eigenvalue weighted by Crippen LogP contribution is -2.29. The maximum atomic E-state index is 3.27. The second-order valence-electron chi connectivity index (χ2n) is 5.01. The molecule has 1 aliphatic rings. The minimum atomic E-state index is 0.736. The van der Waals surface area contributed by atoms with Crippen LogP contribution in [0.25, 0.3) is 0 Å². The molecule has 94 valence electrons. The van der Waals surface area contributed by atoms with Crippen LogP contribution in [0.2, 0.25) is 0 Å². The van der Waals surface area contributed by atoms with Crippen molar-refractivity contribution >= 4 is 5.69 Å². The van der Waals surface area contributed by atoms with E-state index in [0.717, 1.165) is 18.9 Å². The molecule has 1 aromatic rings. The van der Waals surface area contributed by atoms with Crippen LogP contribution in [-0.2, 0) is 6.42 Å². The molecule has 2 rings (SSSR count). The van der Waals surface area contributed by atoms with Crippen LogP contribution in [0.3, 0.4) is 0 Å². The summed E-state index contributed by atoms with van der Waals surface area (Å²) in [4.78, 5) is 2.43. The summed E-state index contributed by atoms with van der Waals surface area (Å²) in [5.74, 6) is 0.736. The number of nitrogens with zero attached hydrogens (tertiary/aromatic N) is 1. The van der Waals surface area contributed by atoms with Gasteiger partial charge in [0.15, 0.2) is 0 Å². The minimum absolute atomic E-state index is 0.736. The molecule has 0 radical (unpaired) electrons. The third kappa shape index (κ3) is 2.47. The molecule has 0 bridgehead atoms. The van der Waals surface area contributed by atoms with E-state index in [0.29, 0.717) is 0 Å². The van der Waals surface area contributed by atoms with Crippen molar-refractivity contribution in [2.45, 2.75) is 32.1 Å². The second-order valence-corrected chi connectivity index (χ2v) is 5.01. The van der Waals surface area contributed by atoms with Gasteiger partial charge in [0.2, 0.25) is 0 Å². The molecule has 1 aromatic carbocycles. The fourth-order valence-electron chi connectivity index (χ4n) is 2.93. The summed E-state index contributed by atoms with van der Waals surface area (Å²) < 4.78 is 0. The lowest BCUT2D eigenvalue weighted by atomic mass is 9.85. The lowest BCUT2D eigenvalue weighted by molar-refractivity contribution is 0.538. The Bertz CT molecular complexity index is 373. The smallest absolute Gasteiger partial charge is 0.0431 e. The summed E-state index contributed by atoms with van der Waals surface area (Å²) >= 11 is 0. The summed E-state index contributed by atoms with van der Waals surface area (Å²) in [7, 11) is 4.27. The molecule has 17 heavy (non-hydrogen) atoms. The van der Waals surface area contributed by atoms with Crippen molar-refractivity contribution in [2.24, 2.45) is 0 Å². The number of rotatable bonds is 4. The molecule has 0 aromatic heterocycles. The van der Waals surface area contributed by atoms with Crippen LogP contribution in [0.15, 0.2) is 18.2 Å². The molecule has 1 unspecified atom stereocenters. The molecule has 0 amide bonds. The van der Waals surface area contributed by atoms with Gasteiger partial charge in [-0.3, -0.25) is 0 Å². The fourth-order valence-corrected chi connectivity index (χ4v) is 2.93. The second kappa shape index (κ2) is 5.54. The summed E-state index contributed by atoms with van der Waals surface area (Å²) in [6.07, 6.45) is 3.68. The zero-order valence-corrected chi connectivity index (χ0v) is 11.3. The normalized spacial score (nSPS) is 19.2. The molecule has 1 heterocycles. The van der Waals surface area contributed by atoms with Gasteiger partial charge in [-0.05, 0) is 49.9 Å². The molecule has 1 aliphatic heterocycles. The van der Waals surface area contributed by atoms with Crippen molar-refractivity contribution in [3.05, 3.63) is 29.3 Å². The molecule has 0 fully saturated rings.